The monoisotopic (exact) mass is 240 g/mol. The molecule has 0 unspecified atom stereocenters. The number of fused-ring (bicyclic) bond motifs is 1. The predicted molar refractivity (Wildman–Crippen MR) is 73.3 cm³/mol. The first kappa shape index (κ1) is 10.9. The maximum absolute atomic E-state index is 5.96. The molecule has 0 spiro atoms. The van der Waals surface area contributed by atoms with Crippen LogP contribution in [0.3, 0.4) is 0 Å². The highest BCUT2D eigenvalue weighted by Crippen LogP contribution is 2.22. The second-order valence-corrected chi connectivity index (χ2v) is 4.49. The third-order valence-corrected chi connectivity index (χ3v) is 3.38. The minimum absolute atomic E-state index is 0.840. The van der Waals surface area contributed by atoms with E-state index in [1.807, 2.05) is 30.1 Å². The zero-order chi connectivity index (χ0) is 12.5. The second-order valence-electron chi connectivity index (χ2n) is 4.49. The molecular weight excluding hydrogens is 224 g/mol. The Bertz CT molecular complexity index is 678. The van der Waals surface area contributed by atoms with Gasteiger partial charge in [0, 0.05) is 49.2 Å². The molecule has 4 nitrogen and oxygen atoms in total. The fraction of sp³-hybridized carbons (Fsp3) is 0.214. The van der Waals surface area contributed by atoms with Crippen LogP contribution in [0.1, 0.15) is 5.69 Å². The summed E-state index contributed by atoms with van der Waals surface area (Å²) in [5.74, 6) is 0. The van der Waals surface area contributed by atoms with Gasteiger partial charge in [0.05, 0.1) is 5.52 Å². The minimum Gasteiger partial charge on any atom is -0.398 e. The fourth-order valence-corrected chi connectivity index (χ4v) is 2.32. The number of nitrogens with two attached hydrogens (primary N) is 1. The molecule has 0 radical (unpaired) electrons. The third-order valence-electron chi connectivity index (χ3n) is 3.38. The predicted octanol–water partition coefficient (Wildman–Crippen LogP) is 2.20. The summed E-state index contributed by atoms with van der Waals surface area (Å²) in [6.45, 7) is 0.937. The van der Waals surface area contributed by atoms with Crippen molar-refractivity contribution < 1.29 is 0 Å². The summed E-state index contributed by atoms with van der Waals surface area (Å²) in [5.41, 5.74) is 9.23. The summed E-state index contributed by atoms with van der Waals surface area (Å²) in [4.78, 5) is 0. The molecule has 0 bridgehead atoms. The van der Waals surface area contributed by atoms with Gasteiger partial charge in [-0.1, -0.05) is 6.07 Å². The Morgan fingerprint density at radius 2 is 2.11 bits per heavy atom. The SMILES string of the molecule is Cn1nccc1CCn1ccc2c(N)cccc21. The van der Waals surface area contributed by atoms with Gasteiger partial charge in [0.2, 0.25) is 0 Å². The molecule has 2 heterocycles. The Kier molecular flexibility index (Phi) is 2.55. The number of rotatable bonds is 3. The lowest BCUT2D eigenvalue weighted by molar-refractivity contribution is 0.649. The lowest BCUT2D eigenvalue weighted by atomic mass is 10.2. The van der Waals surface area contributed by atoms with Crippen molar-refractivity contribution in [3.8, 4) is 0 Å². The number of aromatic nitrogens is 3. The van der Waals surface area contributed by atoms with Gasteiger partial charge in [0.25, 0.3) is 0 Å². The van der Waals surface area contributed by atoms with Crippen LogP contribution in [0, 0.1) is 0 Å². The highest BCUT2D eigenvalue weighted by molar-refractivity contribution is 5.91. The molecule has 3 rings (SSSR count). The van der Waals surface area contributed by atoms with Gasteiger partial charge in [0.15, 0.2) is 0 Å². The molecule has 2 aromatic heterocycles. The van der Waals surface area contributed by atoms with E-state index in [1.165, 1.54) is 11.2 Å². The van der Waals surface area contributed by atoms with E-state index in [4.69, 9.17) is 5.73 Å². The van der Waals surface area contributed by atoms with E-state index in [1.54, 1.807) is 0 Å². The van der Waals surface area contributed by atoms with Gasteiger partial charge in [0.1, 0.15) is 0 Å². The van der Waals surface area contributed by atoms with Gasteiger partial charge in [-0.05, 0) is 24.3 Å². The molecule has 4 heteroatoms. The van der Waals surface area contributed by atoms with Gasteiger partial charge < -0.3 is 10.3 Å². The molecule has 3 aromatic rings. The van der Waals surface area contributed by atoms with Gasteiger partial charge in [-0.15, -0.1) is 0 Å². The molecule has 0 atom stereocenters. The zero-order valence-corrected chi connectivity index (χ0v) is 10.4. The molecule has 92 valence electrons. The highest BCUT2D eigenvalue weighted by Gasteiger charge is 2.04. The average Bonchev–Trinajstić information content (AvgIpc) is 2.94. The number of nitrogens with zero attached hydrogens (tertiary/aromatic N) is 3. The van der Waals surface area contributed by atoms with Crippen molar-refractivity contribution in [1.82, 2.24) is 14.3 Å². The Labute approximate surface area is 106 Å². The van der Waals surface area contributed by atoms with E-state index in [2.05, 4.69) is 34.1 Å². The minimum atomic E-state index is 0.840. The van der Waals surface area contributed by atoms with Gasteiger partial charge >= 0.3 is 0 Å². The molecule has 18 heavy (non-hydrogen) atoms. The first-order chi connectivity index (χ1) is 8.75. The molecule has 0 saturated heterocycles. The van der Waals surface area contributed by atoms with Crippen LogP contribution in [-0.4, -0.2) is 14.3 Å². The largest absolute Gasteiger partial charge is 0.398 e. The van der Waals surface area contributed by atoms with Crippen LogP contribution in [-0.2, 0) is 20.0 Å². The summed E-state index contributed by atoms with van der Waals surface area (Å²) < 4.78 is 4.15. The van der Waals surface area contributed by atoms with E-state index in [0.717, 1.165) is 24.0 Å². The molecule has 0 aliphatic heterocycles. The fourth-order valence-electron chi connectivity index (χ4n) is 2.32. The molecule has 0 amide bonds. The van der Waals surface area contributed by atoms with E-state index in [0.29, 0.717) is 0 Å². The van der Waals surface area contributed by atoms with Crippen LogP contribution in [0.5, 0.6) is 0 Å². The number of anilines is 1. The lowest BCUT2D eigenvalue weighted by Gasteiger charge is -2.06. The Morgan fingerprint density at radius 3 is 2.89 bits per heavy atom. The van der Waals surface area contributed by atoms with Crippen molar-refractivity contribution in [2.24, 2.45) is 7.05 Å². The lowest BCUT2D eigenvalue weighted by Crippen LogP contribution is -2.04. The van der Waals surface area contributed by atoms with Crippen LogP contribution in [0.2, 0.25) is 0 Å². The van der Waals surface area contributed by atoms with Gasteiger partial charge in [-0.25, -0.2) is 0 Å². The van der Waals surface area contributed by atoms with E-state index in [9.17, 15) is 0 Å². The van der Waals surface area contributed by atoms with E-state index in [-0.39, 0.29) is 0 Å². The molecule has 0 fully saturated rings. The van der Waals surface area contributed by atoms with Crippen molar-refractivity contribution in [1.29, 1.82) is 0 Å². The average molecular weight is 240 g/mol. The molecule has 2 N–H and O–H groups in total. The molecule has 0 saturated carbocycles. The first-order valence-corrected chi connectivity index (χ1v) is 6.06. The van der Waals surface area contributed by atoms with E-state index < -0.39 is 0 Å². The Balaban J connectivity index is 1.87. The highest BCUT2D eigenvalue weighted by atomic mass is 15.3. The summed E-state index contributed by atoms with van der Waals surface area (Å²) in [6, 6.07) is 10.2. The topological polar surface area (TPSA) is 48.8 Å². The smallest absolute Gasteiger partial charge is 0.0501 e. The van der Waals surface area contributed by atoms with Crippen molar-refractivity contribution in [2.75, 3.05) is 5.73 Å². The van der Waals surface area contributed by atoms with Crippen molar-refractivity contribution in [3.63, 3.8) is 0 Å². The van der Waals surface area contributed by atoms with Crippen LogP contribution in [0.15, 0.2) is 42.7 Å². The zero-order valence-electron chi connectivity index (χ0n) is 10.4. The van der Waals surface area contributed by atoms with Crippen LogP contribution in [0.4, 0.5) is 5.69 Å². The normalized spacial score (nSPS) is 11.2. The van der Waals surface area contributed by atoms with Crippen molar-refractivity contribution in [3.05, 3.63) is 48.4 Å². The van der Waals surface area contributed by atoms with Crippen molar-refractivity contribution >= 4 is 16.6 Å². The Hall–Kier alpha value is -2.23. The van der Waals surface area contributed by atoms with Crippen molar-refractivity contribution in [2.45, 2.75) is 13.0 Å². The summed E-state index contributed by atoms with van der Waals surface area (Å²) in [6.07, 6.45) is 4.90. The maximum atomic E-state index is 5.96. The van der Waals surface area contributed by atoms with Crippen LogP contribution < -0.4 is 5.73 Å². The Morgan fingerprint density at radius 1 is 1.22 bits per heavy atom. The number of benzene rings is 1. The molecule has 0 aliphatic rings. The summed E-state index contributed by atoms with van der Waals surface area (Å²) in [7, 11) is 1.97. The van der Waals surface area contributed by atoms with Crippen LogP contribution >= 0.6 is 0 Å². The number of aryl methyl sites for hydroxylation is 3. The number of hydrogen-bond donors (Lipinski definition) is 1. The van der Waals surface area contributed by atoms with E-state index >= 15 is 0 Å². The molecular formula is C14H16N4. The standard InChI is InChI=1S/C14H16N4/c1-17-11(5-8-16-17)6-9-18-10-7-12-13(15)3-2-4-14(12)18/h2-5,7-8,10H,6,9,15H2,1H3. The van der Waals surface area contributed by atoms with Gasteiger partial charge in [-0.3, -0.25) is 4.68 Å². The summed E-state index contributed by atoms with van der Waals surface area (Å²) in [5, 5.41) is 5.31. The summed E-state index contributed by atoms with van der Waals surface area (Å²) >= 11 is 0. The number of nitrogen functional groups attached to an aromatic ring is 1. The molecule has 1 aromatic carbocycles. The third kappa shape index (κ3) is 1.76. The maximum Gasteiger partial charge on any atom is 0.0501 e. The van der Waals surface area contributed by atoms with Crippen LogP contribution in [0.25, 0.3) is 10.9 Å². The number of hydrogen-bond acceptors (Lipinski definition) is 2. The first-order valence-electron chi connectivity index (χ1n) is 6.06. The van der Waals surface area contributed by atoms with Gasteiger partial charge in [-0.2, -0.15) is 5.10 Å². The quantitative estimate of drug-likeness (QED) is 0.713. The molecule has 0 aliphatic carbocycles. The second kappa shape index (κ2) is 4.22.